The molecule has 1 fully saturated rings. The second-order valence-corrected chi connectivity index (χ2v) is 6.59. The van der Waals surface area contributed by atoms with Crippen LogP contribution in [0.4, 0.5) is 4.39 Å². The molecule has 0 aromatic heterocycles. The lowest BCUT2D eigenvalue weighted by molar-refractivity contribution is 0.343. The summed E-state index contributed by atoms with van der Waals surface area (Å²) in [4.78, 5) is 0. The van der Waals surface area contributed by atoms with Crippen molar-refractivity contribution in [1.29, 1.82) is 0 Å². The third-order valence-electron chi connectivity index (χ3n) is 5.09. The minimum Gasteiger partial charge on any atom is -0.486 e. The van der Waals surface area contributed by atoms with Crippen molar-refractivity contribution in [2.24, 2.45) is 5.92 Å². The molecule has 0 amide bonds. The Hall–Kier alpha value is -2.09. The van der Waals surface area contributed by atoms with Crippen molar-refractivity contribution >= 4 is 10.8 Å². The van der Waals surface area contributed by atoms with E-state index in [2.05, 4.69) is 24.8 Å². The topological polar surface area (TPSA) is 9.23 Å². The standard InChI is InChI=1S/C22H25FO/c1-3-5-14-24-21-13-11-19-15-18(10-12-20(19)22(21)23)17-8-6-16(4-2)7-9-17/h3-5,10-13,15-17H,2,6-9,14H2,1H3. The average molecular weight is 324 g/mol. The van der Waals surface area contributed by atoms with Crippen LogP contribution in [0, 0.1) is 11.7 Å². The van der Waals surface area contributed by atoms with Gasteiger partial charge in [-0.05, 0) is 61.5 Å². The molecular formula is C22H25FO. The third-order valence-corrected chi connectivity index (χ3v) is 5.09. The number of benzene rings is 2. The number of rotatable bonds is 5. The van der Waals surface area contributed by atoms with E-state index in [1.165, 1.54) is 31.2 Å². The Morgan fingerprint density at radius 2 is 1.96 bits per heavy atom. The molecule has 0 radical (unpaired) electrons. The minimum atomic E-state index is -0.265. The van der Waals surface area contributed by atoms with Crippen LogP contribution in [0.2, 0.25) is 0 Å². The zero-order valence-electron chi connectivity index (χ0n) is 14.3. The van der Waals surface area contributed by atoms with E-state index in [-0.39, 0.29) is 5.82 Å². The zero-order valence-corrected chi connectivity index (χ0v) is 14.3. The van der Waals surface area contributed by atoms with Gasteiger partial charge in [0.15, 0.2) is 11.6 Å². The van der Waals surface area contributed by atoms with Crippen LogP contribution in [-0.2, 0) is 0 Å². The molecule has 2 aromatic carbocycles. The van der Waals surface area contributed by atoms with E-state index < -0.39 is 0 Å². The van der Waals surface area contributed by atoms with Crippen LogP contribution in [0.5, 0.6) is 5.75 Å². The number of hydrogen-bond donors (Lipinski definition) is 0. The van der Waals surface area contributed by atoms with Crippen LogP contribution in [0.3, 0.4) is 0 Å². The first-order chi connectivity index (χ1) is 11.7. The molecule has 0 spiro atoms. The number of halogens is 1. The normalized spacial score (nSPS) is 21.2. The number of hydrogen-bond acceptors (Lipinski definition) is 1. The Bertz CT molecular complexity index is 739. The van der Waals surface area contributed by atoms with Gasteiger partial charge >= 0.3 is 0 Å². The second-order valence-electron chi connectivity index (χ2n) is 6.59. The van der Waals surface area contributed by atoms with Crippen LogP contribution in [-0.4, -0.2) is 6.61 Å². The summed E-state index contributed by atoms with van der Waals surface area (Å²) in [5.74, 6) is 1.30. The van der Waals surface area contributed by atoms with Crippen LogP contribution >= 0.6 is 0 Å². The molecule has 1 aliphatic rings. The maximum Gasteiger partial charge on any atom is 0.172 e. The van der Waals surface area contributed by atoms with E-state index in [9.17, 15) is 4.39 Å². The number of ether oxygens (including phenoxy) is 1. The van der Waals surface area contributed by atoms with E-state index in [1.807, 2.05) is 31.2 Å². The van der Waals surface area contributed by atoms with Crippen molar-refractivity contribution in [2.45, 2.75) is 38.5 Å². The molecule has 2 aromatic rings. The van der Waals surface area contributed by atoms with Gasteiger partial charge in [-0.2, -0.15) is 0 Å². The summed E-state index contributed by atoms with van der Waals surface area (Å²) in [5.41, 5.74) is 1.33. The lowest BCUT2D eigenvalue weighted by Gasteiger charge is -2.27. The Balaban J connectivity index is 1.81. The van der Waals surface area contributed by atoms with Gasteiger partial charge in [0.25, 0.3) is 0 Å². The first-order valence-electron chi connectivity index (χ1n) is 8.81. The molecule has 0 aliphatic heterocycles. The third kappa shape index (κ3) is 3.53. The van der Waals surface area contributed by atoms with Crippen molar-refractivity contribution in [3.8, 4) is 5.75 Å². The second kappa shape index (κ2) is 7.65. The van der Waals surface area contributed by atoms with Gasteiger partial charge in [0.2, 0.25) is 0 Å². The van der Waals surface area contributed by atoms with Crippen molar-refractivity contribution in [3.05, 3.63) is 66.5 Å². The quantitative estimate of drug-likeness (QED) is 0.579. The Labute approximate surface area is 143 Å². The van der Waals surface area contributed by atoms with Crippen LogP contribution in [0.15, 0.2) is 55.1 Å². The van der Waals surface area contributed by atoms with E-state index in [4.69, 9.17) is 4.74 Å². The van der Waals surface area contributed by atoms with E-state index in [1.54, 1.807) is 6.07 Å². The lowest BCUT2D eigenvalue weighted by Crippen LogP contribution is -2.11. The molecule has 1 aliphatic carbocycles. The average Bonchev–Trinajstić information content (AvgIpc) is 2.63. The fourth-order valence-corrected chi connectivity index (χ4v) is 3.58. The van der Waals surface area contributed by atoms with Gasteiger partial charge in [0, 0.05) is 5.39 Å². The lowest BCUT2D eigenvalue weighted by atomic mass is 9.78. The highest BCUT2D eigenvalue weighted by atomic mass is 19.1. The van der Waals surface area contributed by atoms with Gasteiger partial charge < -0.3 is 4.74 Å². The smallest absolute Gasteiger partial charge is 0.172 e. The van der Waals surface area contributed by atoms with Gasteiger partial charge in [0.05, 0.1) is 0 Å². The van der Waals surface area contributed by atoms with Gasteiger partial charge in [-0.25, -0.2) is 4.39 Å². The summed E-state index contributed by atoms with van der Waals surface area (Å²) >= 11 is 0. The van der Waals surface area contributed by atoms with E-state index in [0.717, 1.165) is 5.39 Å². The highest BCUT2D eigenvalue weighted by Gasteiger charge is 2.21. The largest absolute Gasteiger partial charge is 0.486 e. The molecule has 2 heteroatoms. The van der Waals surface area contributed by atoms with E-state index in [0.29, 0.717) is 29.6 Å². The molecule has 0 unspecified atom stereocenters. The molecule has 1 saturated carbocycles. The van der Waals surface area contributed by atoms with Crippen molar-refractivity contribution in [2.75, 3.05) is 6.61 Å². The Morgan fingerprint density at radius 1 is 1.17 bits per heavy atom. The molecule has 0 saturated heterocycles. The molecular weight excluding hydrogens is 299 g/mol. The van der Waals surface area contributed by atoms with Gasteiger partial charge in [-0.15, -0.1) is 6.58 Å². The maximum atomic E-state index is 14.6. The predicted octanol–water partition coefficient (Wildman–Crippen LogP) is 6.39. The summed E-state index contributed by atoms with van der Waals surface area (Å²) in [6.07, 6.45) is 10.6. The molecule has 0 atom stereocenters. The fourth-order valence-electron chi connectivity index (χ4n) is 3.58. The molecule has 3 rings (SSSR count). The first kappa shape index (κ1) is 16.8. The van der Waals surface area contributed by atoms with Crippen molar-refractivity contribution < 1.29 is 9.13 Å². The van der Waals surface area contributed by atoms with Crippen LogP contribution in [0.25, 0.3) is 10.8 Å². The molecule has 0 N–H and O–H groups in total. The minimum absolute atomic E-state index is 0.265. The molecule has 0 bridgehead atoms. The monoisotopic (exact) mass is 324 g/mol. The summed E-state index contributed by atoms with van der Waals surface area (Å²) in [7, 11) is 0. The summed E-state index contributed by atoms with van der Waals surface area (Å²) in [5, 5.41) is 1.59. The van der Waals surface area contributed by atoms with Crippen LogP contribution < -0.4 is 4.74 Å². The number of fused-ring (bicyclic) bond motifs is 1. The predicted molar refractivity (Wildman–Crippen MR) is 99.1 cm³/mol. The van der Waals surface area contributed by atoms with Gasteiger partial charge in [-0.3, -0.25) is 0 Å². The first-order valence-corrected chi connectivity index (χ1v) is 8.81. The Kier molecular flexibility index (Phi) is 5.34. The molecule has 1 nitrogen and oxygen atoms in total. The molecule has 24 heavy (non-hydrogen) atoms. The van der Waals surface area contributed by atoms with Crippen LogP contribution in [0.1, 0.15) is 44.1 Å². The highest BCUT2D eigenvalue weighted by Crippen LogP contribution is 2.37. The number of allylic oxidation sites excluding steroid dienone is 2. The summed E-state index contributed by atoms with van der Waals surface area (Å²) in [6.45, 7) is 6.22. The fraction of sp³-hybridized carbons (Fsp3) is 0.364. The van der Waals surface area contributed by atoms with Crippen molar-refractivity contribution in [1.82, 2.24) is 0 Å². The zero-order chi connectivity index (χ0) is 16.9. The van der Waals surface area contributed by atoms with Gasteiger partial charge in [-0.1, -0.05) is 42.5 Å². The Morgan fingerprint density at radius 3 is 2.67 bits per heavy atom. The maximum absolute atomic E-state index is 14.6. The molecule has 126 valence electrons. The molecule has 0 heterocycles. The van der Waals surface area contributed by atoms with E-state index >= 15 is 0 Å². The SMILES string of the molecule is C=CC1CCC(c2ccc3c(F)c(OCC=CC)ccc3c2)CC1. The summed E-state index contributed by atoms with van der Waals surface area (Å²) < 4.78 is 20.1. The summed E-state index contributed by atoms with van der Waals surface area (Å²) in [6, 6.07) is 9.83. The van der Waals surface area contributed by atoms with Gasteiger partial charge in [0.1, 0.15) is 6.61 Å². The highest BCUT2D eigenvalue weighted by molar-refractivity contribution is 5.85. The van der Waals surface area contributed by atoms with Crippen molar-refractivity contribution in [3.63, 3.8) is 0 Å².